The van der Waals surface area contributed by atoms with Crippen molar-refractivity contribution in [1.29, 1.82) is 0 Å². The second-order valence-corrected chi connectivity index (χ2v) is 6.61. The molecular formula is C17H24N4O4. The minimum atomic E-state index is -0.780. The summed E-state index contributed by atoms with van der Waals surface area (Å²) in [6, 6.07) is 1.70. The van der Waals surface area contributed by atoms with E-state index in [4.69, 9.17) is 4.74 Å². The van der Waals surface area contributed by atoms with Crippen molar-refractivity contribution >= 4 is 17.8 Å². The molecule has 1 aromatic heterocycles. The van der Waals surface area contributed by atoms with Gasteiger partial charge in [-0.2, -0.15) is 4.98 Å². The van der Waals surface area contributed by atoms with E-state index in [1.807, 2.05) is 9.80 Å². The zero-order valence-corrected chi connectivity index (χ0v) is 14.4. The molecule has 0 spiro atoms. The summed E-state index contributed by atoms with van der Waals surface area (Å²) >= 11 is 0. The highest BCUT2D eigenvalue weighted by atomic mass is 16.5. The van der Waals surface area contributed by atoms with E-state index in [9.17, 15) is 14.7 Å². The number of carboxylic acid groups (broad SMARTS) is 1. The summed E-state index contributed by atoms with van der Waals surface area (Å²) in [5.74, 6) is -0.0984. The number of aliphatic carboxylic acids is 1. The molecule has 1 saturated carbocycles. The molecule has 1 saturated heterocycles. The van der Waals surface area contributed by atoms with Gasteiger partial charge < -0.3 is 19.6 Å². The molecule has 0 bridgehead atoms. The van der Waals surface area contributed by atoms with Crippen molar-refractivity contribution in [3.63, 3.8) is 0 Å². The Morgan fingerprint density at radius 3 is 2.60 bits per heavy atom. The molecule has 1 aliphatic carbocycles. The Hall–Kier alpha value is -2.38. The van der Waals surface area contributed by atoms with E-state index >= 15 is 0 Å². The van der Waals surface area contributed by atoms with Crippen molar-refractivity contribution in [2.24, 2.45) is 11.8 Å². The van der Waals surface area contributed by atoms with Gasteiger partial charge in [-0.25, -0.2) is 4.98 Å². The number of rotatable bonds is 4. The summed E-state index contributed by atoms with van der Waals surface area (Å²) in [5.41, 5.74) is 0. The van der Waals surface area contributed by atoms with Crippen molar-refractivity contribution in [3.8, 4) is 5.88 Å². The number of hydrogen-bond acceptors (Lipinski definition) is 6. The third kappa shape index (κ3) is 4.00. The Labute approximate surface area is 146 Å². The van der Waals surface area contributed by atoms with Gasteiger partial charge in [-0.15, -0.1) is 0 Å². The van der Waals surface area contributed by atoms with E-state index in [0.29, 0.717) is 50.8 Å². The van der Waals surface area contributed by atoms with Crippen LogP contribution < -0.4 is 9.64 Å². The average molecular weight is 348 g/mol. The molecule has 3 rings (SSSR count). The van der Waals surface area contributed by atoms with Crippen LogP contribution in [0.5, 0.6) is 5.88 Å². The molecule has 2 fully saturated rings. The van der Waals surface area contributed by atoms with Gasteiger partial charge in [0.1, 0.15) is 0 Å². The molecule has 2 atom stereocenters. The first-order valence-corrected chi connectivity index (χ1v) is 8.72. The van der Waals surface area contributed by atoms with Gasteiger partial charge in [-0.05, 0) is 19.3 Å². The number of amides is 1. The molecule has 136 valence electrons. The fourth-order valence-electron chi connectivity index (χ4n) is 3.62. The van der Waals surface area contributed by atoms with Crippen LogP contribution in [0.3, 0.4) is 0 Å². The third-order valence-corrected chi connectivity index (χ3v) is 5.07. The quantitative estimate of drug-likeness (QED) is 0.868. The number of carbonyl (C=O) groups is 2. The minimum absolute atomic E-state index is 0.0946. The SMILES string of the molecule is COc1ccnc(N2CCN(C(=O)C3CCCC(C(=O)O)C3)CC2)n1. The molecule has 1 amide bonds. The highest BCUT2D eigenvalue weighted by Gasteiger charge is 2.34. The van der Waals surface area contributed by atoms with Crippen molar-refractivity contribution in [1.82, 2.24) is 14.9 Å². The minimum Gasteiger partial charge on any atom is -0.481 e. The van der Waals surface area contributed by atoms with Crippen LogP contribution in [0.25, 0.3) is 0 Å². The van der Waals surface area contributed by atoms with Gasteiger partial charge >= 0.3 is 5.97 Å². The Bertz CT molecular complexity index is 631. The molecule has 2 aliphatic rings. The van der Waals surface area contributed by atoms with E-state index in [0.717, 1.165) is 12.8 Å². The maximum atomic E-state index is 12.7. The van der Waals surface area contributed by atoms with Crippen molar-refractivity contribution in [2.45, 2.75) is 25.7 Å². The van der Waals surface area contributed by atoms with Gasteiger partial charge in [0.2, 0.25) is 17.7 Å². The molecule has 1 aliphatic heterocycles. The van der Waals surface area contributed by atoms with Crippen LogP contribution >= 0.6 is 0 Å². The molecule has 2 unspecified atom stereocenters. The molecule has 0 radical (unpaired) electrons. The van der Waals surface area contributed by atoms with Gasteiger partial charge in [-0.3, -0.25) is 9.59 Å². The lowest BCUT2D eigenvalue weighted by Crippen LogP contribution is -2.51. The maximum absolute atomic E-state index is 12.7. The lowest BCUT2D eigenvalue weighted by atomic mass is 9.80. The van der Waals surface area contributed by atoms with Crippen molar-refractivity contribution < 1.29 is 19.4 Å². The third-order valence-electron chi connectivity index (χ3n) is 5.07. The Kier molecular flexibility index (Phi) is 5.35. The number of methoxy groups -OCH3 is 1. The highest BCUT2D eigenvalue weighted by molar-refractivity contribution is 5.80. The maximum Gasteiger partial charge on any atom is 0.306 e. The predicted octanol–water partition coefficient (Wildman–Crippen LogP) is 1.02. The number of piperazine rings is 1. The first kappa shape index (κ1) is 17.4. The summed E-state index contributed by atoms with van der Waals surface area (Å²) in [7, 11) is 1.57. The molecule has 8 heteroatoms. The van der Waals surface area contributed by atoms with Crippen LogP contribution in [0.15, 0.2) is 12.3 Å². The predicted molar refractivity (Wildman–Crippen MR) is 90.5 cm³/mol. The van der Waals surface area contributed by atoms with Crippen LogP contribution in [0.1, 0.15) is 25.7 Å². The average Bonchev–Trinajstić information content (AvgIpc) is 2.67. The summed E-state index contributed by atoms with van der Waals surface area (Å²) in [5, 5.41) is 9.20. The number of ether oxygens (including phenoxy) is 1. The van der Waals surface area contributed by atoms with E-state index in [2.05, 4.69) is 9.97 Å². The van der Waals surface area contributed by atoms with Gasteiger partial charge in [-0.1, -0.05) is 6.42 Å². The van der Waals surface area contributed by atoms with Gasteiger partial charge in [0.05, 0.1) is 13.0 Å². The number of aromatic nitrogens is 2. The Morgan fingerprint density at radius 2 is 1.92 bits per heavy atom. The smallest absolute Gasteiger partial charge is 0.306 e. The van der Waals surface area contributed by atoms with Gasteiger partial charge in [0.15, 0.2) is 0 Å². The Morgan fingerprint density at radius 1 is 1.20 bits per heavy atom. The second kappa shape index (κ2) is 7.67. The summed E-state index contributed by atoms with van der Waals surface area (Å²) in [6.07, 6.45) is 4.41. The summed E-state index contributed by atoms with van der Waals surface area (Å²) < 4.78 is 5.12. The fourth-order valence-corrected chi connectivity index (χ4v) is 3.62. The standard InChI is InChI=1S/C17H24N4O4/c1-25-14-5-6-18-17(19-14)21-9-7-20(8-10-21)15(22)12-3-2-4-13(11-12)16(23)24/h5-6,12-13H,2-4,7-11H2,1H3,(H,23,24). The number of hydrogen-bond donors (Lipinski definition) is 1. The number of carbonyl (C=O) groups excluding carboxylic acids is 1. The van der Waals surface area contributed by atoms with E-state index in [1.165, 1.54) is 0 Å². The van der Waals surface area contributed by atoms with Crippen LogP contribution in [0.4, 0.5) is 5.95 Å². The van der Waals surface area contributed by atoms with Gasteiger partial charge in [0, 0.05) is 44.4 Å². The Balaban J connectivity index is 1.56. The van der Waals surface area contributed by atoms with Crippen LogP contribution in [-0.4, -0.2) is 65.1 Å². The number of carboxylic acids is 1. The molecule has 0 aromatic carbocycles. The van der Waals surface area contributed by atoms with Gasteiger partial charge in [0.25, 0.3) is 0 Å². The van der Waals surface area contributed by atoms with E-state index in [-0.39, 0.29) is 17.7 Å². The van der Waals surface area contributed by atoms with Crippen LogP contribution in [-0.2, 0) is 9.59 Å². The van der Waals surface area contributed by atoms with Crippen LogP contribution in [0, 0.1) is 11.8 Å². The number of nitrogens with zero attached hydrogens (tertiary/aromatic N) is 4. The molecule has 25 heavy (non-hydrogen) atoms. The molecular weight excluding hydrogens is 324 g/mol. The van der Waals surface area contributed by atoms with E-state index in [1.54, 1.807) is 19.4 Å². The normalized spacial score (nSPS) is 24.0. The summed E-state index contributed by atoms with van der Waals surface area (Å²) in [4.78, 5) is 36.4. The monoisotopic (exact) mass is 348 g/mol. The molecule has 1 aromatic rings. The highest BCUT2D eigenvalue weighted by Crippen LogP contribution is 2.31. The van der Waals surface area contributed by atoms with Crippen molar-refractivity contribution in [3.05, 3.63) is 12.3 Å². The molecule has 2 heterocycles. The fraction of sp³-hybridized carbons (Fsp3) is 0.647. The van der Waals surface area contributed by atoms with E-state index < -0.39 is 5.97 Å². The lowest BCUT2D eigenvalue weighted by Gasteiger charge is -2.37. The zero-order chi connectivity index (χ0) is 17.8. The first-order valence-electron chi connectivity index (χ1n) is 8.72. The lowest BCUT2D eigenvalue weighted by molar-refractivity contribution is -0.145. The first-order chi connectivity index (χ1) is 12.1. The summed E-state index contributed by atoms with van der Waals surface area (Å²) in [6.45, 7) is 2.53. The molecule has 8 nitrogen and oxygen atoms in total. The van der Waals surface area contributed by atoms with Crippen LogP contribution in [0.2, 0.25) is 0 Å². The zero-order valence-electron chi connectivity index (χ0n) is 14.4. The molecule has 1 N–H and O–H groups in total. The topological polar surface area (TPSA) is 95.9 Å². The largest absolute Gasteiger partial charge is 0.481 e. The van der Waals surface area contributed by atoms with Crippen molar-refractivity contribution in [2.75, 3.05) is 38.2 Å². The number of anilines is 1. The second-order valence-electron chi connectivity index (χ2n) is 6.61.